The number of benzene rings is 1. The summed E-state index contributed by atoms with van der Waals surface area (Å²) >= 11 is 5.63. The number of rotatable bonds is 3. The molecule has 0 aromatic heterocycles. The highest BCUT2D eigenvalue weighted by molar-refractivity contribution is 6.29. The maximum absolute atomic E-state index is 8.61. The number of halogens is 1. The first kappa shape index (κ1) is 9.30. The average Bonchev–Trinajstić information content (AvgIpc) is 2.16. The molecule has 2 heteroatoms. The van der Waals surface area contributed by atoms with Crippen LogP contribution in [-0.2, 0) is 6.42 Å². The van der Waals surface area contributed by atoms with Crippen molar-refractivity contribution in [3.63, 3.8) is 0 Å². The van der Waals surface area contributed by atoms with Gasteiger partial charge in [-0.25, -0.2) is 0 Å². The molecule has 0 fully saturated rings. The average molecular weight is 183 g/mol. The number of hydrogen-bond acceptors (Lipinski definition) is 1. The molecular formula is C10H11ClO. The van der Waals surface area contributed by atoms with Gasteiger partial charge in [0, 0.05) is 5.03 Å². The van der Waals surface area contributed by atoms with Gasteiger partial charge in [-0.2, -0.15) is 0 Å². The zero-order chi connectivity index (χ0) is 8.81. The van der Waals surface area contributed by atoms with Gasteiger partial charge in [0.25, 0.3) is 0 Å². The van der Waals surface area contributed by atoms with E-state index in [0.29, 0.717) is 5.03 Å². The predicted octanol–water partition coefficient (Wildman–Crippen LogP) is 2.34. The van der Waals surface area contributed by atoms with Crippen LogP contribution < -0.4 is 0 Å². The molecule has 0 heterocycles. The highest BCUT2D eigenvalue weighted by Crippen LogP contribution is 2.05. The van der Waals surface area contributed by atoms with Gasteiger partial charge in [-0.3, -0.25) is 0 Å². The highest BCUT2D eigenvalue weighted by Gasteiger charge is 1.89. The Kier molecular flexibility index (Phi) is 3.85. The van der Waals surface area contributed by atoms with Gasteiger partial charge in [-0.1, -0.05) is 48.0 Å². The molecule has 64 valence electrons. The predicted molar refractivity (Wildman–Crippen MR) is 51.2 cm³/mol. The Labute approximate surface area is 77.3 Å². The van der Waals surface area contributed by atoms with E-state index in [1.54, 1.807) is 0 Å². The van der Waals surface area contributed by atoms with E-state index in [1.165, 1.54) is 5.56 Å². The van der Waals surface area contributed by atoms with Gasteiger partial charge in [-0.05, 0) is 12.0 Å². The van der Waals surface area contributed by atoms with Crippen LogP contribution in [0.5, 0.6) is 0 Å². The summed E-state index contributed by atoms with van der Waals surface area (Å²) in [7, 11) is 0. The fourth-order valence-corrected chi connectivity index (χ4v) is 0.984. The first-order chi connectivity index (χ1) is 5.83. The highest BCUT2D eigenvalue weighted by atomic mass is 35.5. The van der Waals surface area contributed by atoms with E-state index in [9.17, 15) is 0 Å². The van der Waals surface area contributed by atoms with Crippen molar-refractivity contribution < 1.29 is 5.11 Å². The van der Waals surface area contributed by atoms with E-state index in [2.05, 4.69) is 0 Å². The molecular weight excluding hydrogens is 172 g/mol. The van der Waals surface area contributed by atoms with E-state index in [0.717, 1.165) is 6.42 Å². The molecule has 0 atom stereocenters. The van der Waals surface area contributed by atoms with E-state index in [1.807, 2.05) is 36.4 Å². The summed E-state index contributed by atoms with van der Waals surface area (Å²) in [6.07, 6.45) is 2.59. The molecule has 1 N–H and O–H groups in total. The van der Waals surface area contributed by atoms with Crippen LogP contribution in [0.1, 0.15) is 5.56 Å². The fourth-order valence-electron chi connectivity index (χ4n) is 0.907. The molecule has 1 aromatic carbocycles. The Bertz CT molecular complexity index is 254. The zero-order valence-electron chi connectivity index (χ0n) is 6.70. The Morgan fingerprint density at radius 2 is 2.00 bits per heavy atom. The molecule has 12 heavy (non-hydrogen) atoms. The van der Waals surface area contributed by atoms with Gasteiger partial charge in [-0.15, -0.1) is 0 Å². The molecule has 0 radical (unpaired) electrons. The van der Waals surface area contributed by atoms with Crippen molar-refractivity contribution in [3.8, 4) is 0 Å². The van der Waals surface area contributed by atoms with E-state index >= 15 is 0 Å². The topological polar surface area (TPSA) is 20.2 Å². The minimum Gasteiger partial charge on any atom is -0.391 e. The first-order valence-corrected chi connectivity index (χ1v) is 4.20. The second-order valence-electron chi connectivity index (χ2n) is 2.50. The summed E-state index contributed by atoms with van der Waals surface area (Å²) in [4.78, 5) is 0. The van der Waals surface area contributed by atoms with E-state index < -0.39 is 0 Å². The monoisotopic (exact) mass is 182 g/mol. The lowest BCUT2D eigenvalue weighted by atomic mass is 10.1. The SMILES string of the molecule is OC/C(Cl)=C/Cc1ccccc1. The lowest BCUT2D eigenvalue weighted by Gasteiger charge is -1.95. The summed E-state index contributed by atoms with van der Waals surface area (Å²) in [5.74, 6) is 0. The molecule has 0 saturated heterocycles. The fraction of sp³-hybridized carbons (Fsp3) is 0.200. The largest absolute Gasteiger partial charge is 0.391 e. The number of aliphatic hydroxyl groups excluding tert-OH is 1. The van der Waals surface area contributed by atoms with Crippen LogP contribution in [0.25, 0.3) is 0 Å². The summed E-state index contributed by atoms with van der Waals surface area (Å²) in [5, 5.41) is 9.11. The molecule has 0 aliphatic rings. The van der Waals surface area contributed by atoms with Crippen LogP contribution >= 0.6 is 11.6 Å². The summed E-state index contributed by atoms with van der Waals surface area (Å²) < 4.78 is 0. The second kappa shape index (κ2) is 4.96. The van der Waals surface area contributed by atoms with Crippen molar-refractivity contribution >= 4 is 11.6 Å². The van der Waals surface area contributed by atoms with Gasteiger partial charge in [0.15, 0.2) is 0 Å². The quantitative estimate of drug-likeness (QED) is 0.761. The molecule has 0 amide bonds. The molecule has 1 nitrogen and oxygen atoms in total. The molecule has 0 saturated carbocycles. The molecule has 0 aliphatic carbocycles. The summed E-state index contributed by atoms with van der Waals surface area (Å²) in [5.41, 5.74) is 1.20. The van der Waals surface area contributed by atoms with Crippen LogP contribution in [0.3, 0.4) is 0 Å². The number of aliphatic hydroxyl groups is 1. The van der Waals surface area contributed by atoms with Crippen LogP contribution in [0.2, 0.25) is 0 Å². The standard InChI is InChI=1S/C10H11ClO/c11-10(8-12)7-6-9-4-2-1-3-5-9/h1-5,7,12H,6,8H2/b10-7-. The Balaban J connectivity index is 2.54. The maximum atomic E-state index is 8.61. The normalized spacial score (nSPS) is 11.7. The van der Waals surface area contributed by atoms with Crippen LogP contribution in [0.4, 0.5) is 0 Å². The molecule has 1 rings (SSSR count). The van der Waals surface area contributed by atoms with Crippen LogP contribution in [0.15, 0.2) is 41.4 Å². The Morgan fingerprint density at radius 3 is 2.58 bits per heavy atom. The summed E-state index contributed by atoms with van der Waals surface area (Å²) in [6.45, 7) is -0.0750. The molecule has 0 unspecified atom stereocenters. The first-order valence-electron chi connectivity index (χ1n) is 3.82. The van der Waals surface area contributed by atoms with Crippen molar-refractivity contribution in [1.29, 1.82) is 0 Å². The molecule has 0 spiro atoms. The van der Waals surface area contributed by atoms with Crippen molar-refractivity contribution in [2.45, 2.75) is 6.42 Å². The Morgan fingerprint density at radius 1 is 1.33 bits per heavy atom. The van der Waals surface area contributed by atoms with Crippen LogP contribution in [0, 0.1) is 0 Å². The number of hydrogen-bond donors (Lipinski definition) is 1. The summed E-state index contributed by atoms with van der Waals surface area (Å²) in [6, 6.07) is 9.99. The van der Waals surface area contributed by atoms with Gasteiger partial charge >= 0.3 is 0 Å². The molecule has 0 aliphatic heterocycles. The number of allylic oxidation sites excluding steroid dienone is 1. The van der Waals surface area contributed by atoms with Crippen LogP contribution in [-0.4, -0.2) is 11.7 Å². The third-order valence-electron chi connectivity index (χ3n) is 1.55. The van der Waals surface area contributed by atoms with Gasteiger partial charge in [0.05, 0.1) is 6.61 Å². The lowest BCUT2D eigenvalue weighted by molar-refractivity contribution is 0.338. The zero-order valence-corrected chi connectivity index (χ0v) is 7.46. The van der Waals surface area contributed by atoms with Crippen molar-refractivity contribution in [1.82, 2.24) is 0 Å². The van der Waals surface area contributed by atoms with Gasteiger partial charge in [0.1, 0.15) is 0 Å². The van der Waals surface area contributed by atoms with Gasteiger partial charge in [0.2, 0.25) is 0 Å². The lowest BCUT2D eigenvalue weighted by Crippen LogP contribution is -1.84. The Hall–Kier alpha value is -0.790. The third-order valence-corrected chi connectivity index (χ3v) is 1.83. The van der Waals surface area contributed by atoms with Crippen molar-refractivity contribution in [3.05, 3.63) is 47.0 Å². The van der Waals surface area contributed by atoms with E-state index in [-0.39, 0.29) is 6.61 Å². The smallest absolute Gasteiger partial charge is 0.0784 e. The third kappa shape index (κ3) is 3.07. The van der Waals surface area contributed by atoms with Crippen molar-refractivity contribution in [2.75, 3.05) is 6.61 Å². The minimum atomic E-state index is -0.0750. The van der Waals surface area contributed by atoms with Gasteiger partial charge < -0.3 is 5.11 Å². The minimum absolute atomic E-state index is 0.0750. The molecule has 0 bridgehead atoms. The van der Waals surface area contributed by atoms with E-state index in [4.69, 9.17) is 16.7 Å². The molecule has 1 aromatic rings. The maximum Gasteiger partial charge on any atom is 0.0784 e. The van der Waals surface area contributed by atoms with Crippen molar-refractivity contribution in [2.24, 2.45) is 0 Å². The second-order valence-corrected chi connectivity index (χ2v) is 2.98.